The van der Waals surface area contributed by atoms with Gasteiger partial charge in [0.05, 0.1) is 0 Å². The maximum atomic E-state index is 4.69. The van der Waals surface area contributed by atoms with Crippen LogP contribution in [0.25, 0.3) is 23.0 Å². The topological polar surface area (TPSA) is 48.5 Å². The molecule has 1 radical (unpaired) electrons. The van der Waals surface area contributed by atoms with Crippen molar-refractivity contribution >= 4 is 0 Å². The van der Waals surface area contributed by atoms with Crippen molar-refractivity contribution in [2.45, 2.75) is 13.8 Å². The number of aryl methyl sites for hydroxylation is 2. The summed E-state index contributed by atoms with van der Waals surface area (Å²) in [5, 5.41) is 0. The third-order valence-corrected chi connectivity index (χ3v) is 3.65. The Hall–Kier alpha value is -0.209. The average molecular weight is 518 g/mol. The van der Waals surface area contributed by atoms with Gasteiger partial charge in [-0.25, -0.2) is 15.0 Å². The summed E-state index contributed by atoms with van der Waals surface area (Å²) in [6.07, 6.45) is 3.71. The third kappa shape index (κ3) is 4.91. The van der Waals surface area contributed by atoms with Crippen LogP contribution in [0.1, 0.15) is 11.4 Å². The van der Waals surface area contributed by atoms with Crippen molar-refractivity contribution in [1.29, 1.82) is 0 Å². The van der Waals surface area contributed by atoms with Crippen LogP contribution >= 0.6 is 0 Å². The molecule has 5 nitrogen and oxygen atoms in total. The summed E-state index contributed by atoms with van der Waals surface area (Å²) in [6, 6.07) is 5.94. The molecule has 3 heterocycles. The van der Waals surface area contributed by atoms with E-state index < -0.39 is 0 Å². The van der Waals surface area contributed by atoms with Crippen LogP contribution in [0.4, 0.5) is 0 Å². The number of aromatic nitrogens is 5. The zero-order chi connectivity index (χ0) is 14.3. The van der Waals surface area contributed by atoms with Crippen molar-refractivity contribution in [1.82, 2.24) is 24.1 Å². The molecule has 0 aliphatic heterocycles. The smallest absolute Gasteiger partial charge is 1.00 e. The Morgan fingerprint density at radius 2 is 1.12 bits per heavy atom. The molecule has 0 spiro atoms. The molecule has 0 atom stereocenters. The Bertz CT molecular complexity index is 724. The minimum Gasteiger partial charge on any atom is -1.00 e. The molecule has 0 aliphatic carbocycles. The molecule has 3 rings (SSSR count). The molecule has 0 amide bonds. The van der Waals surface area contributed by atoms with Crippen LogP contribution in [0.5, 0.6) is 0 Å². The fourth-order valence-corrected chi connectivity index (χ4v) is 2.15. The number of hydrogen-bond acceptors (Lipinski definition) is 3. The molecular formula is C15H17Cl3N5Nd. The Balaban J connectivity index is 0. The van der Waals surface area contributed by atoms with Gasteiger partial charge in [-0.05, 0) is 26.0 Å². The average Bonchev–Trinajstić information content (AvgIpc) is 2.95. The Kier molecular flexibility index (Phi) is 11.6. The second-order valence-corrected chi connectivity index (χ2v) is 4.97. The first-order valence-corrected chi connectivity index (χ1v) is 6.52. The molecule has 127 valence electrons. The van der Waals surface area contributed by atoms with Crippen LogP contribution < -0.4 is 37.2 Å². The van der Waals surface area contributed by atoms with Gasteiger partial charge in [-0.2, -0.15) is 0 Å². The number of pyridine rings is 1. The van der Waals surface area contributed by atoms with Crippen molar-refractivity contribution in [3.8, 4) is 23.0 Å². The standard InChI is InChI=1S/C15H17N5.3ClH.Nd/c1-10-8-16-14(19(10)3)12-6-5-7-13(18-12)15-17-9-11(2)20(15)4;;;;/h5-9H,1-4H3;3*1H;/q;;;;+3/p-3. The number of hydrogen-bond donors (Lipinski definition) is 0. The molecule has 0 fully saturated rings. The van der Waals surface area contributed by atoms with E-state index in [0.717, 1.165) is 34.4 Å². The summed E-state index contributed by atoms with van der Waals surface area (Å²) < 4.78 is 4.07. The molecule has 0 aromatic carbocycles. The monoisotopic (exact) mass is 514 g/mol. The summed E-state index contributed by atoms with van der Waals surface area (Å²) in [5.74, 6) is 1.74. The Morgan fingerprint density at radius 1 is 0.750 bits per heavy atom. The summed E-state index contributed by atoms with van der Waals surface area (Å²) in [4.78, 5) is 13.5. The largest absolute Gasteiger partial charge is 3.00 e. The minimum atomic E-state index is 0. The van der Waals surface area contributed by atoms with E-state index in [4.69, 9.17) is 4.98 Å². The van der Waals surface area contributed by atoms with E-state index in [1.807, 2.05) is 67.7 Å². The summed E-state index contributed by atoms with van der Waals surface area (Å²) in [7, 11) is 3.99. The van der Waals surface area contributed by atoms with Crippen molar-refractivity contribution in [2.75, 3.05) is 0 Å². The molecular weight excluding hydrogens is 501 g/mol. The number of nitrogens with zero attached hydrogens (tertiary/aromatic N) is 5. The zero-order valence-electron chi connectivity index (χ0n) is 13.8. The molecule has 9 heteroatoms. The number of imidazole rings is 2. The summed E-state index contributed by atoms with van der Waals surface area (Å²) >= 11 is 0. The van der Waals surface area contributed by atoms with Gasteiger partial charge in [0, 0.05) is 37.9 Å². The molecule has 0 aliphatic rings. The van der Waals surface area contributed by atoms with Crippen LogP contribution in [0.15, 0.2) is 30.6 Å². The molecule has 3 aromatic rings. The van der Waals surface area contributed by atoms with Crippen LogP contribution in [0, 0.1) is 54.7 Å². The summed E-state index contributed by atoms with van der Waals surface area (Å²) in [6.45, 7) is 4.06. The third-order valence-electron chi connectivity index (χ3n) is 3.65. The van der Waals surface area contributed by atoms with E-state index in [-0.39, 0.29) is 78.1 Å². The van der Waals surface area contributed by atoms with E-state index >= 15 is 0 Å². The molecule has 24 heavy (non-hydrogen) atoms. The molecule has 0 N–H and O–H groups in total. The normalized spacial score (nSPS) is 9.17. The van der Waals surface area contributed by atoms with E-state index in [0.29, 0.717) is 0 Å². The van der Waals surface area contributed by atoms with Crippen LogP contribution in [0.3, 0.4) is 0 Å². The van der Waals surface area contributed by atoms with Gasteiger partial charge in [0.1, 0.15) is 11.4 Å². The van der Waals surface area contributed by atoms with E-state index in [1.165, 1.54) is 0 Å². The van der Waals surface area contributed by atoms with Gasteiger partial charge >= 0.3 is 40.8 Å². The van der Waals surface area contributed by atoms with Gasteiger partial charge in [0.2, 0.25) is 0 Å². The quantitative estimate of drug-likeness (QED) is 0.340. The minimum absolute atomic E-state index is 0. The van der Waals surface area contributed by atoms with E-state index in [1.54, 1.807) is 0 Å². The maximum Gasteiger partial charge on any atom is 3.00 e. The summed E-state index contributed by atoms with van der Waals surface area (Å²) in [5.41, 5.74) is 3.94. The van der Waals surface area contributed by atoms with E-state index in [9.17, 15) is 0 Å². The second-order valence-electron chi connectivity index (χ2n) is 4.97. The van der Waals surface area contributed by atoms with Gasteiger partial charge < -0.3 is 46.4 Å². The van der Waals surface area contributed by atoms with Gasteiger partial charge in [0.25, 0.3) is 0 Å². The predicted octanol–water partition coefficient (Wildman–Crippen LogP) is -6.49. The second kappa shape index (κ2) is 10.7. The first-order chi connectivity index (χ1) is 9.58. The van der Waals surface area contributed by atoms with Gasteiger partial charge in [0.15, 0.2) is 11.6 Å². The maximum absolute atomic E-state index is 4.69. The molecule has 0 bridgehead atoms. The predicted molar refractivity (Wildman–Crippen MR) is 78.1 cm³/mol. The fraction of sp³-hybridized carbons (Fsp3) is 0.267. The molecule has 3 aromatic heterocycles. The molecule has 0 unspecified atom stereocenters. The first-order valence-electron chi connectivity index (χ1n) is 6.52. The van der Waals surface area contributed by atoms with Gasteiger partial charge in [-0.15, -0.1) is 0 Å². The van der Waals surface area contributed by atoms with E-state index in [2.05, 4.69) is 9.97 Å². The van der Waals surface area contributed by atoms with Gasteiger partial charge in [-0.3, -0.25) is 0 Å². The van der Waals surface area contributed by atoms with Crippen molar-refractivity contribution in [2.24, 2.45) is 14.1 Å². The van der Waals surface area contributed by atoms with Crippen LogP contribution in [0.2, 0.25) is 0 Å². The Morgan fingerprint density at radius 3 is 1.42 bits per heavy atom. The molecule has 0 saturated carbocycles. The van der Waals surface area contributed by atoms with Crippen molar-refractivity contribution in [3.63, 3.8) is 0 Å². The zero-order valence-corrected chi connectivity index (χ0v) is 19.2. The van der Waals surface area contributed by atoms with Crippen LogP contribution in [-0.4, -0.2) is 24.1 Å². The van der Waals surface area contributed by atoms with Crippen molar-refractivity contribution in [3.05, 3.63) is 42.0 Å². The Labute approximate surface area is 193 Å². The number of rotatable bonds is 2. The fourth-order valence-electron chi connectivity index (χ4n) is 2.15. The van der Waals surface area contributed by atoms with Crippen molar-refractivity contribution < 1.29 is 78.1 Å². The van der Waals surface area contributed by atoms with Crippen LogP contribution in [-0.2, 0) is 14.1 Å². The first kappa shape index (κ1) is 26.0. The SMILES string of the molecule is Cc1cnc(-c2cccc(-c3ncc(C)n3C)n2)n1C.[Cl-].[Cl-].[Cl-].[Nd+3]. The number of halogens is 3. The van der Waals surface area contributed by atoms with Gasteiger partial charge in [-0.1, -0.05) is 6.07 Å². The molecule has 0 saturated heterocycles.